The fraction of sp³-hybridized carbons (Fsp3) is 0.0833. The predicted octanol–water partition coefficient (Wildman–Crippen LogP) is 6.69. The second-order valence-electron chi connectivity index (χ2n) is 6.94. The molecule has 0 aliphatic rings. The van der Waals surface area contributed by atoms with Crippen molar-refractivity contribution in [2.45, 2.75) is 0 Å². The average molecular weight is 431 g/mol. The Balaban J connectivity index is 1.34. The second kappa shape index (κ2) is 8.30. The van der Waals surface area contributed by atoms with Crippen LogP contribution in [0.4, 0.5) is 11.5 Å². The van der Waals surface area contributed by atoms with Crippen LogP contribution in [0.15, 0.2) is 78.4 Å². The molecule has 4 nitrogen and oxygen atoms in total. The minimum Gasteiger partial charge on any atom is -0.383 e. The van der Waals surface area contributed by atoms with Gasteiger partial charge in [-0.3, -0.25) is 0 Å². The molecule has 0 bridgehead atoms. The van der Waals surface area contributed by atoms with Gasteiger partial charge < -0.3 is 10.6 Å². The quantitative estimate of drug-likeness (QED) is 0.295. The summed E-state index contributed by atoms with van der Waals surface area (Å²) in [6, 6.07) is 22.6. The summed E-state index contributed by atoms with van der Waals surface area (Å²) in [4.78, 5) is 9.92. The summed E-state index contributed by atoms with van der Waals surface area (Å²) >= 11 is 7.68. The lowest BCUT2D eigenvalue weighted by Gasteiger charge is -2.12. The maximum absolute atomic E-state index is 6.05. The first-order valence-corrected chi connectivity index (χ1v) is 11.0. The molecular weight excluding hydrogens is 412 g/mol. The van der Waals surface area contributed by atoms with E-state index in [1.165, 1.54) is 10.8 Å². The molecule has 0 amide bonds. The van der Waals surface area contributed by atoms with Gasteiger partial charge in [0.25, 0.3) is 0 Å². The first-order chi connectivity index (χ1) is 14.8. The molecule has 0 aliphatic carbocycles. The van der Waals surface area contributed by atoms with Gasteiger partial charge in [-0.15, -0.1) is 11.3 Å². The SMILES string of the molecule is Clc1ccc(-c2csc3ncnc(NCCNc4cccc5ccccc45)c23)cc1. The van der Waals surface area contributed by atoms with Crippen LogP contribution in [0.5, 0.6) is 0 Å². The zero-order valence-corrected chi connectivity index (χ0v) is 17.7. The van der Waals surface area contributed by atoms with Crippen LogP contribution in [-0.4, -0.2) is 23.1 Å². The lowest BCUT2D eigenvalue weighted by molar-refractivity contribution is 1.06. The summed E-state index contributed by atoms with van der Waals surface area (Å²) in [6.07, 6.45) is 1.62. The molecular formula is C24H19ClN4S. The van der Waals surface area contributed by atoms with Gasteiger partial charge >= 0.3 is 0 Å². The molecule has 2 aromatic heterocycles. The molecule has 5 rings (SSSR count). The molecule has 30 heavy (non-hydrogen) atoms. The molecule has 0 radical (unpaired) electrons. The Hall–Kier alpha value is -3.15. The number of rotatable bonds is 6. The van der Waals surface area contributed by atoms with E-state index >= 15 is 0 Å². The molecule has 6 heteroatoms. The zero-order valence-electron chi connectivity index (χ0n) is 16.1. The Morgan fingerprint density at radius 1 is 0.833 bits per heavy atom. The van der Waals surface area contributed by atoms with Crippen LogP contribution >= 0.6 is 22.9 Å². The first-order valence-electron chi connectivity index (χ1n) is 9.73. The summed E-state index contributed by atoms with van der Waals surface area (Å²) in [5, 5.41) is 13.4. The molecule has 148 valence electrons. The van der Waals surface area contributed by atoms with Gasteiger partial charge in [-0.05, 0) is 29.1 Å². The molecule has 0 fully saturated rings. The van der Waals surface area contributed by atoms with Crippen molar-refractivity contribution >= 4 is 55.4 Å². The van der Waals surface area contributed by atoms with Crippen LogP contribution in [0.25, 0.3) is 32.1 Å². The van der Waals surface area contributed by atoms with Gasteiger partial charge in [0, 0.05) is 40.1 Å². The van der Waals surface area contributed by atoms with Crippen molar-refractivity contribution in [3.05, 3.63) is 83.5 Å². The molecule has 2 heterocycles. The number of fused-ring (bicyclic) bond motifs is 2. The third-order valence-corrected chi connectivity index (χ3v) is 6.19. The molecule has 0 saturated carbocycles. The molecule has 0 spiro atoms. The summed E-state index contributed by atoms with van der Waals surface area (Å²) in [5.74, 6) is 0.853. The number of halogens is 1. The smallest absolute Gasteiger partial charge is 0.138 e. The standard InChI is InChI=1S/C24H19ClN4S/c25-18-10-8-17(9-11-18)20-14-30-24-22(20)23(28-15-29-24)27-13-12-26-21-7-3-5-16-4-1-2-6-19(16)21/h1-11,14-15,26H,12-13H2,(H,27,28,29). The number of nitrogens with one attached hydrogen (secondary N) is 2. The Morgan fingerprint density at radius 3 is 2.53 bits per heavy atom. The van der Waals surface area contributed by atoms with Gasteiger partial charge in [0.1, 0.15) is 17.0 Å². The van der Waals surface area contributed by atoms with Crippen LogP contribution in [-0.2, 0) is 0 Å². The van der Waals surface area contributed by atoms with E-state index < -0.39 is 0 Å². The van der Waals surface area contributed by atoms with Gasteiger partial charge in [-0.2, -0.15) is 0 Å². The zero-order chi connectivity index (χ0) is 20.3. The third kappa shape index (κ3) is 3.70. The third-order valence-electron chi connectivity index (χ3n) is 5.05. The van der Waals surface area contributed by atoms with E-state index in [1.54, 1.807) is 17.7 Å². The van der Waals surface area contributed by atoms with Crippen LogP contribution in [0, 0.1) is 0 Å². The molecule has 5 aromatic rings. The molecule has 0 aliphatic heterocycles. The lowest BCUT2D eigenvalue weighted by atomic mass is 10.1. The van der Waals surface area contributed by atoms with Gasteiger partial charge in [-0.25, -0.2) is 9.97 Å². The van der Waals surface area contributed by atoms with E-state index in [-0.39, 0.29) is 0 Å². The predicted molar refractivity (Wildman–Crippen MR) is 129 cm³/mol. The fourth-order valence-electron chi connectivity index (χ4n) is 3.61. The van der Waals surface area contributed by atoms with Crippen molar-refractivity contribution in [3.8, 4) is 11.1 Å². The molecule has 0 saturated heterocycles. The van der Waals surface area contributed by atoms with Crippen molar-refractivity contribution in [2.24, 2.45) is 0 Å². The number of hydrogen-bond acceptors (Lipinski definition) is 5. The van der Waals surface area contributed by atoms with Crippen LogP contribution < -0.4 is 10.6 Å². The van der Waals surface area contributed by atoms with Crippen molar-refractivity contribution in [1.82, 2.24) is 9.97 Å². The average Bonchev–Trinajstić information content (AvgIpc) is 3.22. The van der Waals surface area contributed by atoms with Crippen molar-refractivity contribution < 1.29 is 0 Å². The summed E-state index contributed by atoms with van der Waals surface area (Å²) in [6.45, 7) is 1.52. The maximum Gasteiger partial charge on any atom is 0.138 e. The van der Waals surface area contributed by atoms with Gasteiger partial charge in [0.15, 0.2) is 0 Å². The monoisotopic (exact) mass is 430 g/mol. The van der Waals surface area contributed by atoms with Gasteiger partial charge in [-0.1, -0.05) is 60.1 Å². The number of anilines is 2. The molecule has 2 N–H and O–H groups in total. The number of thiophene rings is 1. The number of benzene rings is 3. The highest BCUT2D eigenvalue weighted by Gasteiger charge is 2.13. The Morgan fingerprint density at radius 2 is 1.63 bits per heavy atom. The van der Waals surface area contributed by atoms with Crippen molar-refractivity contribution in [2.75, 3.05) is 23.7 Å². The largest absolute Gasteiger partial charge is 0.383 e. The van der Waals surface area contributed by atoms with Gasteiger partial charge in [0.05, 0.1) is 5.39 Å². The van der Waals surface area contributed by atoms with E-state index in [1.807, 2.05) is 24.3 Å². The number of aromatic nitrogens is 2. The van der Waals surface area contributed by atoms with Crippen LogP contribution in [0.2, 0.25) is 5.02 Å². The Labute approximate surface area is 183 Å². The molecule has 3 aromatic carbocycles. The van der Waals surface area contributed by atoms with E-state index in [0.29, 0.717) is 0 Å². The van der Waals surface area contributed by atoms with Crippen LogP contribution in [0.3, 0.4) is 0 Å². The van der Waals surface area contributed by atoms with E-state index in [0.717, 1.165) is 51.0 Å². The second-order valence-corrected chi connectivity index (χ2v) is 8.23. The minimum absolute atomic E-state index is 0.729. The highest BCUT2D eigenvalue weighted by atomic mass is 35.5. The Bertz CT molecular complexity index is 1310. The number of nitrogens with zero attached hydrogens (tertiary/aromatic N) is 2. The number of hydrogen-bond donors (Lipinski definition) is 2. The fourth-order valence-corrected chi connectivity index (χ4v) is 4.65. The normalized spacial score (nSPS) is 11.1. The van der Waals surface area contributed by atoms with E-state index in [9.17, 15) is 0 Å². The van der Waals surface area contributed by atoms with E-state index in [2.05, 4.69) is 68.4 Å². The summed E-state index contributed by atoms with van der Waals surface area (Å²) in [5.41, 5.74) is 3.37. The maximum atomic E-state index is 6.05. The van der Waals surface area contributed by atoms with Crippen molar-refractivity contribution in [1.29, 1.82) is 0 Å². The minimum atomic E-state index is 0.729. The Kier molecular flexibility index (Phi) is 5.22. The first kappa shape index (κ1) is 18.9. The van der Waals surface area contributed by atoms with Gasteiger partial charge in [0.2, 0.25) is 0 Å². The highest BCUT2D eigenvalue weighted by Crippen LogP contribution is 2.36. The highest BCUT2D eigenvalue weighted by molar-refractivity contribution is 7.17. The van der Waals surface area contributed by atoms with Crippen LogP contribution in [0.1, 0.15) is 0 Å². The lowest BCUT2D eigenvalue weighted by Crippen LogP contribution is -2.14. The summed E-state index contributed by atoms with van der Waals surface area (Å²) in [7, 11) is 0. The topological polar surface area (TPSA) is 49.8 Å². The molecule has 0 atom stereocenters. The summed E-state index contributed by atoms with van der Waals surface area (Å²) < 4.78 is 0. The molecule has 0 unspecified atom stereocenters. The van der Waals surface area contributed by atoms with Crippen molar-refractivity contribution in [3.63, 3.8) is 0 Å². The van der Waals surface area contributed by atoms with E-state index in [4.69, 9.17) is 11.6 Å².